The molecular formula is C25H33NO3. The van der Waals surface area contributed by atoms with E-state index in [0.29, 0.717) is 18.4 Å². The largest absolute Gasteiger partial charge is 0.493 e. The Morgan fingerprint density at radius 2 is 2.14 bits per heavy atom. The number of hydrogen-bond acceptors (Lipinski definition) is 4. The molecule has 4 aliphatic rings. The van der Waals surface area contributed by atoms with Crippen molar-refractivity contribution in [2.24, 2.45) is 11.8 Å². The van der Waals surface area contributed by atoms with Gasteiger partial charge in [0.1, 0.15) is 0 Å². The number of rotatable bonds is 7. The van der Waals surface area contributed by atoms with Gasteiger partial charge in [0.2, 0.25) is 0 Å². The SMILES string of the molecule is C=C(C)c1cc(OC)c2c3c1CC(N(CCC)CC1CC1)C1CCC(=O)C(O2)C31. The summed E-state index contributed by atoms with van der Waals surface area (Å²) in [4.78, 5) is 15.6. The van der Waals surface area contributed by atoms with E-state index in [-0.39, 0.29) is 17.8 Å². The van der Waals surface area contributed by atoms with Crippen LogP contribution in [0, 0.1) is 11.8 Å². The lowest BCUT2D eigenvalue weighted by atomic mass is 9.63. The van der Waals surface area contributed by atoms with Crippen LogP contribution in [0.4, 0.5) is 0 Å². The average Bonchev–Trinajstić information content (AvgIpc) is 3.43. The molecule has 0 spiro atoms. The number of nitrogens with zero attached hydrogens (tertiary/aromatic N) is 1. The maximum atomic E-state index is 12.8. The Morgan fingerprint density at radius 3 is 2.79 bits per heavy atom. The Morgan fingerprint density at radius 1 is 1.34 bits per heavy atom. The van der Waals surface area contributed by atoms with E-state index in [1.54, 1.807) is 7.11 Å². The molecule has 4 heteroatoms. The minimum absolute atomic E-state index is 0.173. The Labute approximate surface area is 174 Å². The molecule has 5 rings (SSSR count). The summed E-state index contributed by atoms with van der Waals surface area (Å²) in [6.45, 7) is 11.0. The van der Waals surface area contributed by atoms with Gasteiger partial charge in [0.05, 0.1) is 7.11 Å². The molecule has 3 aliphatic carbocycles. The molecular weight excluding hydrogens is 362 g/mol. The lowest BCUT2D eigenvalue weighted by Gasteiger charge is -2.46. The van der Waals surface area contributed by atoms with E-state index in [1.807, 2.05) is 0 Å². The Hall–Kier alpha value is -1.81. The van der Waals surface area contributed by atoms with Crippen molar-refractivity contribution < 1.29 is 14.3 Å². The minimum Gasteiger partial charge on any atom is -0.493 e. The number of methoxy groups -OCH3 is 1. The Balaban J connectivity index is 1.64. The van der Waals surface area contributed by atoms with Gasteiger partial charge in [0.15, 0.2) is 23.4 Å². The van der Waals surface area contributed by atoms with Gasteiger partial charge in [-0.2, -0.15) is 0 Å². The van der Waals surface area contributed by atoms with Crippen molar-refractivity contribution in [1.29, 1.82) is 0 Å². The van der Waals surface area contributed by atoms with Gasteiger partial charge in [-0.3, -0.25) is 9.69 Å². The second-order valence-corrected chi connectivity index (χ2v) is 9.57. The summed E-state index contributed by atoms with van der Waals surface area (Å²) in [5.74, 6) is 3.37. The van der Waals surface area contributed by atoms with E-state index in [2.05, 4.69) is 31.4 Å². The molecule has 1 aromatic carbocycles. The molecule has 0 saturated heterocycles. The molecule has 29 heavy (non-hydrogen) atoms. The molecule has 4 unspecified atom stereocenters. The van der Waals surface area contributed by atoms with Crippen LogP contribution in [0.25, 0.3) is 5.57 Å². The third-order valence-electron chi connectivity index (χ3n) is 7.56. The van der Waals surface area contributed by atoms with Gasteiger partial charge >= 0.3 is 0 Å². The molecule has 0 N–H and O–H groups in total. The van der Waals surface area contributed by atoms with Gasteiger partial charge in [-0.1, -0.05) is 19.1 Å². The Bertz CT molecular complexity index is 856. The maximum absolute atomic E-state index is 12.8. The van der Waals surface area contributed by atoms with E-state index in [1.165, 1.54) is 42.5 Å². The topological polar surface area (TPSA) is 38.8 Å². The van der Waals surface area contributed by atoms with Crippen molar-refractivity contribution in [2.75, 3.05) is 20.2 Å². The van der Waals surface area contributed by atoms with E-state index in [4.69, 9.17) is 9.47 Å². The summed E-state index contributed by atoms with van der Waals surface area (Å²) in [5.41, 5.74) is 4.86. The van der Waals surface area contributed by atoms with Crippen molar-refractivity contribution in [3.63, 3.8) is 0 Å². The van der Waals surface area contributed by atoms with Gasteiger partial charge in [-0.25, -0.2) is 0 Å². The molecule has 1 aromatic rings. The number of carbonyl (C=O) groups is 1. The maximum Gasteiger partial charge on any atom is 0.173 e. The molecule has 0 radical (unpaired) electrons. The van der Waals surface area contributed by atoms with Crippen LogP contribution in [0.3, 0.4) is 0 Å². The monoisotopic (exact) mass is 395 g/mol. The van der Waals surface area contributed by atoms with Crippen molar-refractivity contribution in [3.8, 4) is 11.5 Å². The van der Waals surface area contributed by atoms with Gasteiger partial charge in [0.25, 0.3) is 0 Å². The summed E-state index contributed by atoms with van der Waals surface area (Å²) in [7, 11) is 1.69. The number of hydrogen-bond donors (Lipinski definition) is 0. The third-order valence-corrected chi connectivity index (χ3v) is 7.56. The van der Waals surface area contributed by atoms with Crippen molar-refractivity contribution >= 4 is 11.4 Å². The molecule has 1 aliphatic heterocycles. The predicted octanol–water partition coefficient (Wildman–Crippen LogP) is 4.60. The van der Waals surface area contributed by atoms with Crippen LogP contribution in [-0.2, 0) is 11.2 Å². The fourth-order valence-electron chi connectivity index (χ4n) is 6.12. The van der Waals surface area contributed by atoms with Gasteiger partial charge < -0.3 is 9.47 Å². The molecule has 0 amide bonds. The first kappa shape index (κ1) is 19.2. The average molecular weight is 396 g/mol. The van der Waals surface area contributed by atoms with Gasteiger partial charge in [0, 0.05) is 30.5 Å². The van der Waals surface area contributed by atoms with E-state index in [9.17, 15) is 4.79 Å². The normalized spacial score (nSPS) is 29.6. The van der Waals surface area contributed by atoms with Crippen LogP contribution in [0.5, 0.6) is 11.5 Å². The molecule has 156 valence electrons. The van der Waals surface area contributed by atoms with E-state index in [0.717, 1.165) is 42.4 Å². The first-order valence-corrected chi connectivity index (χ1v) is 11.4. The minimum atomic E-state index is -0.330. The lowest BCUT2D eigenvalue weighted by Crippen LogP contribution is -2.52. The molecule has 2 fully saturated rings. The smallest absolute Gasteiger partial charge is 0.173 e. The quantitative estimate of drug-likeness (QED) is 0.676. The van der Waals surface area contributed by atoms with Crippen LogP contribution >= 0.6 is 0 Å². The van der Waals surface area contributed by atoms with Crippen molar-refractivity contribution in [2.45, 2.75) is 70.4 Å². The summed E-state index contributed by atoms with van der Waals surface area (Å²) < 4.78 is 12.0. The lowest BCUT2D eigenvalue weighted by molar-refractivity contribution is -0.130. The molecule has 0 aromatic heterocycles. The zero-order chi connectivity index (χ0) is 20.3. The van der Waals surface area contributed by atoms with Crippen LogP contribution in [0.15, 0.2) is 12.6 Å². The number of carbonyl (C=O) groups excluding carboxylic acids is 1. The highest BCUT2D eigenvalue weighted by Gasteiger charge is 2.54. The number of ether oxygens (including phenoxy) is 2. The van der Waals surface area contributed by atoms with Crippen LogP contribution in [-0.4, -0.2) is 43.0 Å². The van der Waals surface area contributed by atoms with Gasteiger partial charge in [-0.15, -0.1) is 0 Å². The number of Topliss-reactive ketones (excluding diaryl/α,β-unsaturated/α-hetero) is 1. The Kier molecular flexibility index (Phi) is 4.73. The highest BCUT2D eigenvalue weighted by Crippen LogP contribution is 2.58. The first-order valence-electron chi connectivity index (χ1n) is 11.4. The number of ketones is 1. The standard InChI is InChI=1S/C25H33NO3/c1-5-10-26(13-15-6-7-15)19-11-18-17(14(2)3)12-21(28-4)25-23(18)22-16(19)8-9-20(27)24(22)29-25/h12,15-16,19,22,24H,2,5-11,13H2,1,3-4H3. The molecule has 2 saturated carbocycles. The summed E-state index contributed by atoms with van der Waals surface area (Å²) >= 11 is 0. The van der Waals surface area contributed by atoms with Gasteiger partial charge in [-0.05, 0) is 74.6 Å². The number of benzene rings is 1. The van der Waals surface area contributed by atoms with Crippen LogP contribution in [0.1, 0.15) is 68.6 Å². The molecule has 1 heterocycles. The highest BCUT2D eigenvalue weighted by atomic mass is 16.5. The summed E-state index contributed by atoms with van der Waals surface area (Å²) in [5, 5.41) is 0. The second kappa shape index (κ2) is 7.16. The second-order valence-electron chi connectivity index (χ2n) is 9.57. The van der Waals surface area contributed by atoms with E-state index >= 15 is 0 Å². The number of allylic oxidation sites excluding steroid dienone is 1. The van der Waals surface area contributed by atoms with Crippen molar-refractivity contribution in [1.82, 2.24) is 4.90 Å². The van der Waals surface area contributed by atoms with Crippen LogP contribution in [0.2, 0.25) is 0 Å². The van der Waals surface area contributed by atoms with E-state index < -0.39 is 0 Å². The molecule has 4 atom stereocenters. The molecule has 0 bridgehead atoms. The van der Waals surface area contributed by atoms with Crippen LogP contribution < -0.4 is 9.47 Å². The molecule has 4 nitrogen and oxygen atoms in total. The third kappa shape index (κ3) is 3.02. The fraction of sp³-hybridized carbons (Fsp3) is 0.640. The zero-order valence-electron chi connectivity index (χ0n) is 18.0. The first-order chi connectivity index (χ1) is 14.0. The fourth-order valence-corrected chi connectivity index (χ4v) is 6.12. The summed E-state index contributed by atoms with van der Waals surface area (Å²) in [6, 6.07) is 2.57. The zero-order valence-corrected chi connectivity index (χ0v) is 18.0. The van der Waals surface area contributed by atoms with Crippen molar-refractivity contribution in [3.05, 3.63) is 29.3 Å². The highest BCUT2D eigenvalue weighted by molar-refractivity contribution is 5.88. The summed E-state index contributed by atoms with van der Waals surface area (Å²) in [6.07, 6.45) is 6.26. The predicted molar refractivity (Wildman–Crippen MR) is 115 cm³/mol.